The van der Waals surface area contributed by atoms with Gasteiger partial charge >= 0.3 is 0 Å². The minimum Gasteiger partial charge on any atom is -0.497 e. The van der Waals surface area contributed by atoms with Gasteiger partial charge in [0.05, 0.1) is 12.0 Å². The van der Waals surface area contributed by atoms with Gasteiger partial charge in [0.15, 0.2) is 0 Å². The first-order chi connectivity index (χ1) is 11.5. The third kappa shape index (κ3) is 3.80. The van der Waals surface area contributed by atoms with Gasteiger partial charge in [-0.3, -0.25) is 4.90 Å². The van der Waals surface area contributed by atoms with Crippen LogP contribution in [0.25, 0.3) is 0 Å². The third-order valence-electron chi connectivity index (χ3n) is 4.40. The average Bonchev–Trinajstić information content (AvgIpc) is 3.07. The zero-order valence-electron chi connectivity index (χ0n) is 13.9. The first kappa shape index (κ1) is 17.4. The summed E-state index contributed by atoms with van der Waals surface area (Å²) < 4.78 is 32.6. The van der Waals surface area contributed by atoms with Crippen molar-refractivity contribution in [1.29, 1.82) is 0 Å². The molecule has 1 N–H and O–H groups in total. The van der Waals surface area contributed by atoms with Crippen LogP contribution >= 0.6 is 11.3 Å². The molecule has 0 saturated heterocycles. The second-order valence-electron chi connectivity index (χ2n) is 5.97. The average molecular weight is 367 g/mol. The van der Waals surface area contributed by atoms with E-state index in [1.54, 1.807) is 31.4 Å². The van der Waals surface area contributed by atoms with E-state index >= 15 is 0 Å². The van der Waals surface area contributed by atoms with Gasteiger partial charge in [0.2, 0.25) is 10.0 Å². The van der Waals surface area contributed by atoms with Gasteiger partial charge < -0.3 is 4.74 Å². The number of benzene rings is 1. The highest BCUT2D eigenvalue weighted by atomic mass is 32.2. The number of sulfonamides is 1. The molecule has 3 rings (SSSR count). The number of hydrogen-bond acceptors (Lipinski definition) is 5. The van der Waals surface area contributed by atoms with Crippen molar-refractivity contribution in [1.82, 2.24) is 9.62 Å². The summed E-state index contributed by atoms with van der Waals surface area (Å²) in [6.07, 6.45) is 1.04. The van der Waals surface area contributed by atoms with Crippen molar-refractivity contribution in [3.63, 3.8) is 0 Å². The Kier molecular flexibility index (Phi) is 5.24. The normalized spacial score (nSPS) is 16.6. The van der Waals surface area contributed by atoms with Crippen LogP contribution in [0.4, 0.5) is 0 Å². The summed E-state index contributed by atoms with van der Waals surface area (Å²) in [6, 6.07) is 8.74. The van der Waals surface area contributed by atoms with Crippen LogP contribution in [-0.4, -0.2) is 39.6 Å². The smallest absolute Gasteiger partial charge is 0.240 e. The lowest BCUT2D eigenvalue weighted by Crippen LogP contribution is -2.44. The quantitative estimate of drug-likeness (QED) is 0.853. The van der Waals surface area contributed by atoms with Gasteiger partial charge in [0, 0.05) is 30.6 Å². The molecule has 130 valence electrons. The van der Waals surface area contributed by atoms with E-state index in [9.17, 15) is 8.42 Å². The lowest BCUT2D eigenvalue weighted by molar-refractivity contribution is 0.193. The van der Waals surface area contributed by atoms with E-state index in [1.165, 1.54) is 10.4 Å². The number of methoxy groups -OCH3 is 1. The van der Waals surface area contributed by atoms with E-state index in [1.807, 2.05) is 11.3 Å². The first-order valence-corrected chi connectivity index (χ1v) is 10.3. The van der Waals surface area contributed by atoms with Crippen molar-refractivity contribution in [2.75, 3.05) is 20.2 Å². The molecule has 0 unspecified atom stereocenters. The predicted octanol–water partition coefficient (Wildman–Crippen LogP) is 2.48. The molecule has 0 amide bonds. The Morgan fingerprint density at radius 2 is 2.04 bits per heavy atom. The number of nitrogens with zero attached hydrogens (tertiary/aromatic N) is 1. The highest BCUT2D eigenvalue weighted by Gasteiger charge is 2.23. The van der Waals surface area contributed by atoms with Gasteiger partial charge in [-0.15, -0.1) is 11.3 Å². The van der Waals surface area contributed by atoms with E-state index in [0.29, 0.717) is 12.3 Å². The predicted molar refractivity (Wildman–Crippen MR) is 96.1 cm³/mol. The largest absolute Gasteiger partial charge is 0.497 e. The number of thiophene rings is 1. The van der Waals surface area contributed by atoms with Gasteiger partial charge in [-0.1, -0.05) is 0 Å². The molecule has 5 nitrogen and oxygen atoms in total. The molecule has 1 aliphatic heterocycles. The standard InChI is InChI=1S/C17H22N2O3S2/c1-13(19-9-7-17-14(12-19)8-10-23-17)11-18-24(20,21)16-5-3-15(22-2)4-6-16/h3-6,8,10,13,18H,7,9,11-12H2,1-2H3/t13-/m1/s1. The number of rotatable bonds is 6. The van der Waals surface area contributed by atoms with Crippen LogP contribution in [0.1, 0.15) is 17.4 Å². The Balaban J connectivity index is 1.60. The van der Waals surface area contributed by atoms with Crippen LogP contribution in [0.15, 0.2) is 40.6 Å². The second-order valence-corrected chi connectivity index (χ2v) is 8.73. The van der Waals surface area contributed by atoms with Crippen LogP contribution in [0.5, 0.6) is 5.75 Å². The Bertz CT molecular complexity index is 784. The van der Waals surface area contributed by atoms with E-state index in [4.69, 9.17) is 4.74 Å². The SMILES string of the molecule is COc1ccc(S(=O)(=O)NC[C@@H](C)N2CCc3sccc3C2)cc1. The molecule has 1 atom stereocenters. The van der Waals surface area contributed by atoms with Gasteiger partial charge in [-0.25, -0.2) is 13.1 Å². The number of hydrogen-bond donors (Lipinski definition) is 1. The van der Waals surface area contributed by atoms with E-state index in [2.05, 4.69) is 28.0 Å². The van der Waals surface area contributed by atoms with Crippen LogP contribution in [-0.2, 0) is 23.0 Å². The molecule has 1 aromatic heterocycles. The fraction of sp³-hybridized carbons (Fsp3) is 0.412. The Morgan fingerprint density at radius 1 is 1.29 bits per heavy atom. The first-order valence-electron chi connectivity index (χ1n) is 7.92. The lowest BCUT2D eigenvalue weighted by Gasteiger charge is -2.32. The number of fused-ring (bicyclic) bond motifs is 1. The maximum Gasteiger partial charge on any atom is 0.240 e. The van der Waals surface area contributed by atoms with Crippen molar-refractivity contribution in [3.8, 4) is 5.75 Å². The van der Waals surface area contributed by atoms with Crippen LogP contribution in [0, 0.1) is 0 Å². The molecule has 1 aromatic carbocycles. The van der Waals surface area contributed by atoms with Crippen LogP contribution in [0.3, 0.4) is 0 Å². The highest BCUT2D eigenvalue weighted by Crippen LogP contribution is 2.25. The number of nitrogens with one attached hydrogen (secondary N) is 1. The Morgan fingerprint density at radius 3 is 2.75 bits per heavy atom. The van der Waals surface area contributed by atoms with Gasteiger partial charge in [-0.05, 0) is 54.6 Å². The van der Waals surface area contributed by atoms with Gasteiger partial charge in [0.25, 0.3) is 0 Å². The fourth-order valence-corrected chi connectivity index (χ4v) is 4.86. The number of ether oxygens (including phenoxy) is 1. The summed E-state index contributed by atoms with van der Waals surface area (Å²) in [5.41, 5.74) is 1.37. The van der Waals surface area contributed by atoms with Crippen molar-refractivity contribution >= 4 is 21.4 Å². The lowest BCUT2D eigenvalue weighted by atomic mass is 10.1. The monoisotopic (exact) mass is 366 g/mol. The molecule has 0 fully saturated rings. The Hall–Kier alpha value is -1.41. The molecule has 24 heavy (non-hydrogen) atoms. The molecule has 0 radical (unpaired) electrons. The molecule has 0 bridgehead atoms. The van der Waals surface area contributed by atoms with Gasteiger partial charge in [0.1, 0.15) is 5.75 Å². The summed E-state index contributed by atoms with van der Waals surface area (Å²) in [5.74, 6) is 0.641. The van der Waals surface area contributed by atoms with E-state index in [-0.39, 0.29) is 10.9 Å². The van der Waals surface area contributed by atoms with E-state index < -0.39 is 10.0 Å². The molecule has 0 aliphatic carbocycles. The minimum absolute atomic E-state index is 0.145. The molecular weight excluding hydrogens is 344 g/mol. The summed E-state index contributed by atoms with van der Waals surface area (Å²) in [5, 5.41) is 2.13. The van der Waals surface area contributed by atoms with Crippen LogP contribution < -0.4 is 9.46 Å². The second kappa shape index (κ2) is 7.23. The summed E-state index contributed by atoms with van der Waals surface area (Å²) in [4.78, 5) is 4.04. The van der Waals surface area contributed by atoms with E-state index in [0.717, 1.165) is 19.5 Å². The van der Waals surface area contributed by atoms with Crippen molar-refractivity contribution < 1.29 is 13.2 Å². The van der Waals surface area contributed by atoms with Gasteiger partial charge in [-0.2, -0.15) is 0 Å². The van der Waals surface area contributed by atoms with Crippen molar-refractivity contribution in [2.24, 2.45) is 0 Å². The molecule has 2 aromatic rings. The minimum atomic E-state index is -3.50. The molecule has 7 heteroatoms. The molecule has 0 spiro atoms. The molecule has 2 heterocycles. The summed E-state index contributed by atoms with van der Waals surface area (Å²) in [7, 11) is -1.94. The molecular formula is C17H22N2O3S2. The summed E-state index contributed by atoms with van der Waals surface area (Å²) >= 11 is 1.81. The topological polar surface area (TPSA) is 58.6 Å². The van der Waals surface area contributed by atoms with Crippen molar-refractivity contribution in [2.45, 2.75) is 30.8 Å². The Labute approximate surface area is 147 Å². The zero-order valence-corrected chi connectivity index (χ0v) is 15.5. The van der Waals surface area contributed by atoms with Crippen molar-refractivity contribution in [3.05, 3.63) is 46.2 Å². The summed E-state index contributed by atoms with van der Waals surface area (Å²) in [6.45, 7) is 4.32. The maximum absolute atomic E-state index is 12.4. The zero-order chi connectivity index (χ0) is 17.2. The molecule has 0 saturated carbocycles. The van der Waals surface area contributed by atoms with Crippen LogP contribution in [0.2, 0.25) is 0 Å². The molecule has 1 aliphatic rings. The highest BCUT2D eigenvalue weighted by molar-refractivity contribution is 7.89. The maximum atomic E-state index is 12.4. The third-order valence-corrected chi connectivity index (χ3v) is 6.86. The fourth-order valence-electron chi connectivity index (χ4n) is 2.84.